The Morgan fingerprint density at radius 2 is 1.06 bits per heavy atom. The van der Waals surface area contributed by atoms with Crippen molar-refractivity contribution in [1.29, 1.82) is 0 Å². The Morgan fingerprint density at radius 1 is 0.633 bits per heavy atom. The summed E-state index contributed by atoms with van der Waals surface area (Å²) in [6.45, 7) is 3.23. The SMILES string of the molecule is Cc1cc(-n2cc(Cl)c(=O)c(Br)c2-c2c(F)cc(F)cc2F)no1.Cc1onc(-n2cc(Cl)c(=O)c(Br)c2-c2c(F)cc(F)cc2F)c1Br. The van der Waals surface area contributed by atoms with Crippen LogP contribution < -0.4 is 10.9 Å². The van der Waals surface area contributed by atoms with Crippen LogP contribution in [0.1, 0.15) is 11.5 Å². The van der Waals surface area contributed by atoms with Crippen molar-refractivity contribution in [3.8, 4) is 34.2 Å². The van der Waals surface area contributed by atoms with Crippen LogP contribution in [-0.4, -0.2) is 19.4 Å². The molecule has 0 atom stereocenters. The molecule has 4 aromatic heterocycles. The molecule has 0 fully saturated rings. The lowest BCUT2D eigenvalue weighted by Crippen LogP contribution is -2.14. The minimum atomic E-state index is -1.19. The van der Waals surface area contributed by atoms with E-state index in [0.29, 0.717) is 40.3 Å². The highest BCUT2D eigenvalue weighted by molar-refractivity contribution is 9.11. The summed E-state index contributed by atoms with van der Waals surface area (Å²) in [6.07, 6.45) is 2.30. The number of aryl methyl sites for hydroxylation is 2. The third-order valence-electron chi connectivity index (χ3n) is 6.57. The van der Waals surface area contributed by atoms with E-state index in [4.69, 9.17) is 32.2 Å². The number of benzene rings is 2. The van der Waals surface area contributed by atoms with Crippen molar-refractivity contribution in [2.24, 2.45) is 0 Å². The summed E-state index contributed by atoms with van der Waals surface area (Å²) in [6, 6.07) is 3.54. The first-order valence-corrected chi connectivity index (χ1v) is 16.2. The van der Waals surface area contributed by atoms with Gasteiger partial charge in [0.15, 0.2) is 11.6 Å². The van der Waals surface area contributed by atoms with Gasteiger partial charge in [-0.05, 0) is 61.6 Å². The third-order valence-corrected chi connectivity index (χ3v) is 9.49. The van der Waals surface area contributed by atoms with Crippen LogP contribution in [0.25, 0.3) is 34.2 Å². The highest BCUT2D eigenvalue weighted by Gasteiger charge is 2.26. The molecule has 8 nitrogen and oxygen atoms in total. The highest BCUT2D eigenvalue weighted by Crippen LogP contribution is 2.37. The molecule has 6 aromatic rings. The second kappa shape index (κ2) is 14.3. The van der Waals surface area contributed by atoms with Gasteiger partial charge in [-0.1, -0.05) is 33.5 Å². The molecule has 2 aromatic carbocycles. The molecule has 0 saturated carbocycles. The predicted octanol–water partition coefficient (Wildman–Crippen LogP) is 10.0. The van der Waals surface area contributed by atoms with Crippen LogP contribution in [0.5, 0.6) is 0 Å². The predicted molar refractivity (Wildman–Crippen MR) is 177 cm³/mol. The smallest absolute Gasteiger partial charge is 0.214 e. The van der Waals surface area contributed by atoms with Crippen LogP contribution in [0.15, 0.2) is 74.8 Å². The largest absolute Gasteiger partial charge is 0.360 e. The van der Waals surface area contributed by atoms with E-state index >= 15 is 0 Å². The van der Waals surface area contributed by atoms with Gasteiger partial charge in [-0.15, -0.1) is 0 Å². The van der Waals surface area contributed by atoms with Crippen LogP contribution in [-0.2, 0) is 0 Å². The number of aromatic nitrogens is 4. The van der Waals surface area contributed by atoms with Gasteiger partial charge in [-0.3, -0.25) is 18.7 Å². The first-order chi connectivity index (χ1) is 23.0. The van der Waals surface area contributed by atoms with E-state index in [1.807, 2.05) is 0 Å². The van der Waals surface area contributed by atoms with E-state index in [0.717, 1.165) is 12.4 Å². The molecule has 49 heavy (non-hydrogen) atoms. The van der Waals surface area contributed by atoms with Crippen LogP contribution in [0, 0.1) is 48.8 Å². The standard InChI is InChI=1S/C15H6Br2ClF3N2O2.C15H7BrClF3N2O2/c1-5-11(16)15(22-25-5)23-4-7(18)14(24)12(17)13(23)10-8(20)2-6(19)3-9(10)21;1-6-2-11(21-24-6)22-5-8(17)15(23)13(16)14(22)12-9(19)3-7(18)4-10(12)20/h2-4H,1H3;2-5H,1H3. The maximum Gasteiger partial charge on any atom is 0.214 e. The van der Waals surface area contributed by atoms with Crippen molar-refractivity contribution in [3.05, 3.63) is 133 Å². The van der Waals surface area contributed by atoms with Gasteiger partial charge < -0.3 is 9.05 Å². The molecule has 0 amide bonds. The zero-order valence-corrected chi connectivity index (χ0v) is 30.4. The molecular formula is C30H13Br3Cl2F6N4O4. The molecule has 254 valence electrons. The molecule has 6 rings (SSSR count). The number of pyridine rings is 2. The monoisotopic (exact) mass is 914 g/mol. The van der Waals surface area contributed by atoms with Crippen LogP contribution in [0.3, 0.4) is 0 Å². The molecule has 0 bridgehead atoms. The summed E-state index contributed by atoms with van der Waals surface area (Å²) < 4.78 is 95.8. The number of hydrogen-bond donors (Lipinski definition) is 0. The van der Waals surface area contributed by atoms with Gasteiger partial charge in [-0.25, -0.2) is 26.3 Å². The van der Waals surface area contributed by atoms with Gasteiger partial charge in [0.05, 0.1) is 31.5 Å². The first-order valence-electron chi connectivity index (χ1n) is 13.1. The molecule has 0 N–H and O–H groups in total. The first kappa shape index (κ1) is 36.6. The van der Waals surface area contributed by atoms with Crippen molar-refractivity contribution < 1.29 is 35.4 Å². The fraction of sp³-hybridized carbons (Fsp3) is 0.0667. The van der Waals surface area contributed by atoms with Crippen LogP contribution >= 0.6 is 71.0 Å². The molecule has 0 spiro atoms. The van der Waals surface area contributed by atoms with Crippen molar-refractivity contribution >= 4 is 71.0 Å². The zero-order valence-electron chi connectivity index (χ0n) is 24.1. The Hall–Kier alpha value is -3.64. The molecule has 0 saturated heterocycles. The number of rotatable bonds is 4. The topological polar surface area (TPSA) is 96.1 Å². The van der Waals surface area contributed by atoms with Crippen molar-refractivity contribution in [2.45, 2.75) is 13.8 Å². The average molecular weight is 918 g/mol. The molecule has 0 aliphatic heterocycles. The molecular weight excluding hydrogens is 905 g/mol. The number of halogens is 11. The van der Waals surface area contributed by atoms with E-state index in [1.165, 1.54) is 15.2 Å². The normalized spacial score (nSPS) is 11.1. The Kier molecular flexibility index (Phi) is 10.7. The molecule has 0 unspecified atom stereocenters. The van der Waals surface area contributed by atoms with E-state index in [2.05, 4.69) is 58.1 Å². The lowest BCUT2D eigenvalue weighted by atomic mass is 10.1. The second-order valence-electron chi connectivity index (χ2n) is 9.84. The summed E-state index contributed by atoms with van der Waals surface area (Å²) in [4.78, 5) is 24.2. The Bertz CT molecular complexity index is 2370. The second-order valence-corrected chi connectivity index (χ2v) is 13.0. The van der Waals surface area contributed by atoms with Gasteiger partial charge in [0.25, 0.3) is 0 Å². The lowest BCUT2D eigenvalue weighted by molar-refractivity contribution is 0.394. The minimum Gasteiger partial charge on any atom is -0.360 e. The Morgan fingerprint density at radius 3 is 1.45 bits per heavy atom. The number of nitrogens with zero attached hydrogens (tertiary/aromatic N) is 4. The number of hydrogen-bond acceptors (Lipinski definition) is 6. The van der Waals surface area contributed by atoms with Gasteiger partial charge in [-0.2, -0.15) is 0 Å². The van der Waals surface area contributed by atoms with E-state index in [9.17, 15) is 35.9 Å². The molecule has 4 heterocycles. The van der Waals surface area contributed by atoms with Gasteiger partial charge in [0.1, 0.15) is 60.9 Å². The fourth-order valence-electron chi connectivity index (χ4n) is 4.42. The summed E-state index contributed by atoms with van der Waals surface area (Å²) >= 11 is 21.0. The van der Waals surface area contributed by atoms with Crippen molar-refractivity contribution in [3.63, 3.8) is 0 Å². The maximum atomic E-state index is 14.3. The molecule has 19 heteroatoms. The van der Waals surface area contributed by atoms with Gasteiger partial charge >= 0.3 is 0 Å². The Labute approximate surface area is 305 Å². The fourth-order valence-corrected chi connectivity index (χ4v) is 6.57. The summed E-state index contributed by atoms with van der Waals surface area (Å²) in [5.74, 6) is -5.82. The highest BCUT2D eigenvalue weighted by atomic mass is 79.9. The van der Waals surface area contributed by atoms with Crippen LogP contribution in [0.4, 0.5) is 26.3 Å². The maximum absolute atomic E-state index is 14.3. The lowest BCUT2D eigenvalue weighted by Gasteiger charge is -2.15. The third kappa shape index (κ3) is 7.04. The van der Waals surface area contributed by atoms with Gasteiger partial charge in [0.2, 0.25) is 10.9 Å². The summed E-state index contributed by atoms with van der Waals surface area (Å²) in [5, 5.41) is 7.13. The van der Waals surface area contributed by atoms with Crippen molar-refractivity contribution in [2.75, 3.05) is 0 Å². The summed E-state index contributed by atoms with van der Waals surface area (Å²) in [5.41, 5.74) is -3.00. The van der Waals surface area contributed by atoms with Gasteiger partial charge in [0, 0.05) is 42.7 Å². The molecule has 0 aliphatic rings. The average Bonchev–Trinajstić information content (AvgIpc) is 3.60. The van der Waals surface area contributed by atoms with Crippen molar-refractivity contribution in [1.82, 2.24) is 19.4 Å². The molecule has 0 radical (unpaired) electrons. The zero-order chi connectivity index (χ0) is 36.1. The van der Waals surface area contributed by atoms with E-state index in [-0.39, 0.29) is 42.0 Å². The molecule has 0 aliphatic carbocycles. The van der Waals surface area contributed by atoms with E-state index in [1.54, 1.807) is 13.8 Å². The minimum absolute atomic E-state index is 0.109. The van der Waals surface area contributed by atoms with E-state index < -0.39 is 56.9 Å². The quantitative estimate of drug-likeness (QED) is 0.164. The summed E-state index contributed by atoms with van der Waals surface area (Å²) in [7, 11) is 0. The van der Waals surface area contributed by atoms with Crippen LogP contribution in [0.2, 0.25) is 10.0 Å². The Balaban J connectivity index is 0.000000191.